The number of aromatic nitrogens is 1. The van der Waals surface area contributed by atoms with Crippen LogP contribution in [-0.4, -0.2) is 25.5 Å². The molecule has 0 bridgehead atoms. The van der Waals surface area contributed by atoms with Crippen molar-refractivity contribution >= 4 is 15.9 Å². The van der Waals surface area contributed by atoms with E-state index in [1.807, 2.05) is 6.07 Å². The molecule has 25 heavy (non-hydrogen) atoms. The molecule has 0 fully saturated rings. The smallest absolute Gasteiger partial charge is 0.257 e. The van der Waals surface area contributed by atoms with Crippen LogP contribution in [0.25, 0.3) is 0 Å². The van der Waals surface area contributed by atoms with Crippen molar-refractivity contribution in [3.05, 3.63) is 52.4 Å². The lowest BCUT2D eigenvalue weighted by molar-refractivity contribution is 0.0949. The molecule has 2 rings (SSSR count). The van der Waals surface area contributed by atoms with Crippen molar-refractivity contribution in [1.82, 2.24) is 15.2 Å². The summed E-state index contributed by atoms with van der Waals surface area (Å²) in [5.41, 5.74) is 2.32. The number of nitrogens with zero attached hydrogens (tertiary/aromatic N) is 1. The molecule has 0 saturated carbocycles. The van der Waals surface area contributed by atoms with E-state index >= 15 is 0 Å². The predicted molar refractivity (Wildman–Crippen MR) is 94.5 cm³/mol. The minimum absolute atomic E-state index is 0.136. The zero-order valence-electron chi connectivity index (χ0n) is 14.8. The number of amides is 1. The standard InChI is InChI=1S/C17H23N3O4S/c1-11(2)20-25(22,23)10-15-8-6-5-7-14(15)9-18-17(21)16-12(3)19-24-13(16)4/h5-8,11,20H,9-10H2,1-4H3,(H,18,21). The molecule has 0 unspecified atom stereocenters. The van der Waals surface area contributed by atoms with Gasteiger partial charge >= 0.3 is 0 Å². The maximum atomic E-state index is 12.3. The lowest BCUT2D eigenvalue weighted by atomic mass is 10.1. The average molecular weight is 365 g/mol. The van der Waals surface area contributed by atoms with Gasteiger partial charge in [0.1, 0.15) is 11.3 Å². The molecule has 7 nitrogen and oxygen atoms in total. The summed E-state index contributed by atoms with van der Waals surface area (Å²) >= 11 is 0. The molecule has 0 saturated heterocycles. The van der Waals surface area contributed by atoms with Gasteiger partial charge in [0.05, 0.1) is 11.4 Å². The minimum atomic E-state index is -3.44. The highest BCUT2D eigenvalue weighted by molar-refractivity contribution is 7.88. The van der Waals surface area contributed by atoms with Gasteiger partial charge in [0, 0.05) is 12.6 Å². The monoisotopic (exact) mass is 365 g/mol. The summed E-state index contributed by atoms with van der Waals surface area (Å²) < 4.78 is 31.9. The van der Waals surface area contributed by atoms with Crippen LogP contribution in [0.2, 0.25) is 0 Å². The number of carbonyl (C=O) groups excluding carboxylic acids is 1. The molecular weight excluding hydrogens is 342 g/mol. The van der Waals surface area contributed by atoms with E-state index in [0.29, 0.717) is 22.6 Å². The molecule has 0 radical (unpaired) electrons. The molecule has 1 aromatic carbocycles. The molecule has 136 valence electrons. The van der Waals surface area contributed by atoms with Gasteiger partial charge < -0.3 is 9.84 Å². The van der Waals surface area contributed by atoms with Crippen molar-refractivity contribution in [2.75, 3.05) is 0 Å². The third kappa shape index (κ3) is 5.14. The van der Waals surface area contributed by atoms with Crippen molar-refractivity contribution in [1.29, 1.82) is 0 Å². The Balaban J connectivity index is 2.12. The quantitative estimate of drug-likeness (QED) is 0.782. The Kier molecular flexibility index (Phi) is 5.97. The molecule has 0 aliphatic heterocycles. The predicted octanol–water partition coefficient (Wildman–Crippen LogP) is 2.05. The van der Waals surface area contributed by atoms with Crippen LogP contribution >= 0.6 is 0 Å². The van der Waals surface area contributed by atoms with Gasteiger partial charge in [0.2, 0.25) is 10.0 Å². The van der Waals surface area contributed by atoms with Gasteiger partial charge in [0.15, 0.2) is 0 Å². The van der Waals surface area contributed by atoms with E-state index < -0.39 is 10.0 Å². The van der Waals surface area contributed by atoms with Gasteiger partial charge in [-0.15, -0.1) is 0 Å². The van der Waals surface area contributed by atoms with E-state index in [0.717, 1.165) is 5.56 Å². The highest BCUT2D eigenvalue weighted by Crippen LogP contribution is 2.15. The molecule has 0 aliphatic carbocycles. The maximum absolute atomic E-state index is 12.3. The van der Waals surface area contributed by atoms with Crippen molar-refractivity contribution in [3.8, 4) is 0 Å². The third-order valence-electron chi connectivity index (χ3n) is 3.58. The summed E-state index contributed by atoms with van der Waals surface area (Å²) in [4.78, 5) is 12.3. The van der Waals surface area contributed by atoms with Crippen LogP contribution in [0.15, 0.2) is 28.8 Å². The molecule has 8 heteroatoms. The summed E-state index contributed by atoms with van der Waals surface area (Å²) in [6.07, 6.45) is 0. The molecule has 0 aliphatic rings. The van der Waals surface area contributed by atoms with Gasteiger partial charge in [-0.1, -0.05) is 29.4 Å². The summed E-state index contributed by atoms with van der Waals surface area (Å²) in [7, 11) is -3.44. The van der Waals surface area contributed by atoms with E-state index in [-0.39, 0.29) is 24.2 Å². The van der Waals surface area contributed by atoms with Gasteiger partial charge in [0.25, 0.3) is 5.91 Å². The van der Waals surface area contributed by atoms with Crippen LogP contribution in [0.3, 0.4) is 0 Å². The van der Waals surface area contributed by atoms with Crippen molar-refractivity contribution in [3.63, 3.8) is 0 Å². The van der Waals surface area contributed by atoms with Crippen molar-refractivity contribution in [2.45, 2.75) is 46.0 Å². The molecule has 1 aromatic heterocycles. The number of aryl methyl sites for hydroxylation is 2. The van der Waals surface area contributed by atoms with Gasteiger partial charge in [-0.3, -0.25) is 4.79 Å². The molecule has 1 heterocycles. The second-order valence-corrected chi connectivity index (χ2v) is 7.94. The fourth-order valence-electron chi connectivity index (χ4n) is 2.55. The molecule has 0 spiro atoms. The first-order chi connectivity index (χ1) is 11.7. The summed E-state index contributed by atoms with van der Waals surface area (Å²) in [6, 6.07) is 6.96. The average Bonchev–Trinajstić information content (AvgIpc) is 2.83. The third-order valence-corrected chi connectivity index (χ3v) is 5.10. The first-order valence-corrected chi connectivity index (χ1v) is 9.62. The largest absolute Gasteiger partial charge is 0.361 e. The van der Waals surface area contributed by atoms with E-state index in [9.17, 15) is 13.2 Å². The Hall–Kier alpha value is -2.19. The van der Waals surface area contributed by atoms with Crippen LogP contribution in [-0.2, 0) is 22.3 Å². The Morgan fingerprint density at radius 3 is 2.40 bits per heavy atom. The highest BCUT2D eigenvalue weighted by atomic mass is 32.2. The van der Waals surface area contributed by atoms with Crippen molar-refractivity contribution < 1.29 is 17.7 Å². The Morgan fingerprint density at radius 2 is 1.84 bits per heavy atom. The Labute approximate surface area is 147 Å². The topological polar surface area (TPSA) is 101 Å². The first-order valence-electron chi connectivity index (χ1n) is 7.97. The minimum Gasteiger partial charge on any atom is -0.361 e. The van der Waals surface area contributed by atoms with E-state index in [1.54, 1.807) is 45.9 Å². The number of hydrogen-bond acceptors (Lipinski definition) is 5. The lowest BCUT2D eigenvalue weighted by Crippen LogP contribution is -2.32. The summed E-state index contributed by atoms with van der Waals surface area (Å²) in [6.45, 7) is 7.13. The van der Waals surface area contributed by atoms with Gasteiger partial charge in [-0.05, 0) is 38.8 Å². The van der Waals surface area contributed by atoms with Gasteiger partial charge in [-0.2, -0.15) is 0 Å². The molecule has 1 amide bonds. The summed E-state index contributed by atoms with van der Waals surface area (Å²) in [5, 5.41) is 6.56. The SMILES string of the molecule is Cc1noc(C)c1C(=O)NCc1ccccc1CS(=O)(=O)NC(C)C. The second kappa shape index (κ2) is 7.79. The lowest BCUT2D eigenvalue weighted by Gasteiger charge is -2.13. The number of sulfonamides is 1. The van der Waals surface area contributed by atoms with E-state index in [2.05, 4.69) is 15.2 Å². The van der Waals surface area contributed by atoms with Crippen LogP contribution in [0.4, 0.5) is 0 Å². The number of rotatable bonds is 7. The van der Waals surface area contributed by atoms with E-state index in [4.69, 9.17) is 4.52 Å². The van der Waals surface area contributed by atoms with Crippen LogP contribution < -0.4 is 10.0 Å². The number of nitrogens with one attached hydrogen (secondary N) is 2. The maximum Gasteiger partial charge on any atom is 0.257 e. The fourth-order valence-corrected chi connectivity index (χ4v) is 4.04. The molecule has 2 aromatic rings. The zero-order valence-corrected chi connectivity index (χ0v) is 15.6. The van der Waals surface area contributed by atoms with Gasteiger partial charge in [-0.25, -0.2) is 13.1 Å². The summed E-state index contributed by atoms with van der Waals surface area (Å²) in [5.74, 6) is 0.0175. The Bertz CT molecular complexity index is 837. The van der Waals surface area contributed by atoms with Crippen LogP contribution in [0.5, 0.6) is 0 Å². The van der Waals surface area contributed by atoms with Crippen molar-refractivity contribution in [2.24, 2.45) is 0 Å². The number of carbonyl (C=O) groups is 1. The number of hydrogen-bond donors (Lipinski definition) is 2. The highest BCUT2D eigenvalue weighted by Gasteiger charge is 2.19. The molecule has 2 N–H and O–H groups in total. The van der Waals surface area contributed by atoms with Crippen LogP contribution in [0, 0.1) is 13.8 Å². The fraction of sp³-hybridized carbons (Fsp3) is 0.412. The Morgan fingerprint density at radius 1 is 1.20 bits per heavy atom. The normalized spacial score (nSPS) is 11.7. The van der Waals surface area contributed by atoms with Crippen LogP contribution in [0.1, 0.15) is 46.8 Å². The number of benzene rings is 1. The molecular formula is C17H23N3O4S. The van der Waals surface area contributed by atoms with E-state index in [1.165, 1.54) is 0 Å². The first kappa shape index (κ1) is 19.1. The molecule has 0 atom stereocenters. The second-order valence-electron chi connectivity index (χ2n) is 6.18. The zero-order chi connectivity index (χ0) is 18.6.